The highest BCUT2D eigenvalue weighted by molar-refractivity contribution is 5.19. The van der Waals surface area contributed by atoms with Gasteiger partial charge < -0.3 is 9.84 Å². The van der Waals surface area contributed by atoms with Crippen molar-refractivity contribution in [2.75, 3.05) is 20.3 Å². The molecule has 17 heavy (non-hydrogen) atoms. The van der Waals surface area contributed by atoms with Gasteiger partial charge in [-0.15, -0.1) is 0 Å². The number of methoxy groups -OCH3 is 1. The number of aliphatic hydroxyl groups excluding tert-OH is 1. The summed E-state index contributed by atoms with van der Waals surface area (Å²) in [5, 5.41) is 9.05. The third-order valence-electron chi connectivity index (χ3n) is 5.51. The van der Waals surface area contributed by atoms with Gasteiger partial charge in [0.05, 0.1) is 13.2 Å². The Labute approximate surface area is 105 Å². The zero-order valence-corrected chi connectivity index (χ0v) is 11.6. The molecule has 2 nitrogen and oxygen atoms in total. The van der Waals surface area contributed by atoms with Crippen molar-refractivity contribution in [1.29, 1.82) is 0 Å². The van der Waals surface area contributed by atoms with Crippen LogP contribution in [0.25, 0.3) is 0 Å². The van der Waals surface area contributed by atoms with Crippen molar-refractivity contribution in [1.82, 2.24) is 0 Å². The number of hydrogen-bond acceptors (Lipinski definition) is 2. The molecular weight excluding hydrogens is 212 g/mol. The fraction of sp³-hybridized carbons (Fsp3) is 0.867. The molecule has 0 aliphatic heterocycles. The van der Waals surface area contributed by atoms with Gasteiger partial charge in [0.15, 0.2) is 0 Å². The Morgan fingerprint density at radius 2 is 2.18 bits per heavy atom. The normalized spacial score (nSPS) is 39.2. The average molecular weight is 238 g/mol. The maximum Gasteiger partial charge on any atom is 0.0639 e. The fourth-order valence-corrected chi connectivity index (χ4v) is 3.94. The topological polar surface area (TPSA) is 29.5 Å². The molecular formula is C15H26O2. The molecule has 0 aromatic carbocycles. The van der Waals surface area contributed by atoms with Crippen LogP contribution in [0.5, 0.6) is 0 Å². The van der Waals surface area contributed by atoms with Gasteiger partial charge in [-0.25, -0.2) is 0 Å². The predicted molar refractivity (Wildman–Crippen MR) is 69.8 cm³/mol. The summed E-state index contributed by atoms with van der Waals surface area (Å²) in [5.41, 5.74) is 1.93. The van der Waals surface area contributed by atoms with Crippen molar-refractivity contribution in [2.45, 2.75) is 40.0 Å². The molecule has 2 fully saturated rings. The van der Waals surface area contributed by atoms with E-state index in [-0.39, 0.29) is 6.61 Å². The second-order valence-electron chi connectivity index (χ2n) is 6.59. The van der Waals surface area contributed by atoms with Crippen molar-refractivity contribution >= 4 is 0 Å². The van der Waals surface area contributed by atoms with E-state index in [2.05, 4.69) is 19.9 Å². The third kappa shape index (κ3) is 1.96. The Morgan fingerprint density at radius 1 is 1.47 bits per heavy atom. The summed E-state index contributed by atoms with van der Waals surface area (Å²) in [4.78, 5) is 0. The fourth-order valence-electron chi connectivity index (χ4n) is 3.94. The highest BCUT2D eigenvalue weighted by Gasteiger charge is 2.69. The number of hydrogen-bond donors (Lipinski definition) is 1. The van der Waals surface area contributed by atoms with Gasteiger partial charge >= 0.3 is 0 Å². The smallest absolute Gasteiger partial charge is 0.0639 e. The number of aliphatic hydroxyl groups is 1. The Hall–Kier alpha value is -0.340. The van der Waals surface area contributed by atoms with Gasteiger partial charge in [-0.05, 0) is 43.4 Å². The highest BCUT2D eigenvalue weighted by atomic mass is 16.5. The van der Waals surface area contributed by atoms with Gasteiger partial charge in [0.1, 0.15) is 0 Å². The van der Waals surface area contributed by atoms with Gasteiger partial charge in [0.25, 0.3) is 0 Å². The van der Waals surface area contributed by atoms with Gasteiger partial charge in [0, 0.05) is 12.5 Å². The highest BCUT2D eigenvalue weighted by Crippen LogP contribution is 2.74. The molecule has 0 heterocycles. The molecule has 0 aromatic heterocycles. The minimum Gasteiger partial charge on any atom is -0.392 e. The number of fused-ring (bicyclic) bond motifs is 1. The van der Waals surface area contributed by atoms with Crippen LogP contribution >= 0.6 is 0 Å². The number of rotatable bonds is 5. The van der Waals surface area contributed by atoms with Crippen LogP contribution in [-0.4, -0.2) is 25.4 Å². The minimum atomic E-state index is 0.194. The minimum absolute atomic E-state index is 0.194. The number of ether oxygens (including phenoxy) is 1. The van der Waals surface area contributed by atoms with E-state index >= 15 is 0 Å². The van der Waals surface area contributed by atoms with E-state index in [0.29, 0.717) is 10.8 Å². The Balaban J connectivity index is 2.04. The van der Waals surface area contributed by atoms with E-state index in [4.69, 9.17) is 9.84 Å². The molecule has 3 atom stereocenters. The van der Waals surface area contributed by atoms with Crippen LogP contribution in [0.2, 0.25) is 0 Å². The summed E-state index contributed by atoms with van der Waals surface area (Å²) < 4.78 is 5.45. The molecule has 2 aliphatic rings. The molecule has 0 aromatic rings. The van der Waals surface area contributed by atoms with Crippen LogP contribution in [0.3, 0.4) is 0 Å². The Bertz CT molecular complexity index is 319. The van der Waals surface area contributed by atoms with Crippen molar-refractivity contribution < 1.29 is 9.84 Å². The summed E-state index contributed by atoms with van der Waals surface area (Å²) in [5.74, 6) is 1.63. The van der Waals surface area contributed by atoms with Crippen molar-refractivity contribution in [3.63, 3.8) is 0 Å². The lowest BCUT2D eigenvalue weighted by atomic mass is 9.69. The SMILES string of the molecule is COCC12CC1CC(C/C=C(\C)CO)C2(C)C. The zero-order chi connectivity index (χ0) is 12.7. The first kappa shape index (κ1) is 13.1. The second kappa shape index (κ2) is 4.40. The third-order valence-corrected chi connectivity index (χ3v) is 5.51. The molecule has 0 saturated heterocycles. The van der Waals surface area contributed by atoms with Crippen LogP contribution in [0, 0.1) is 22.7 Å². The second-order valence-corrected chi connectivity index (χ2v) is 6.59. The van der Waals surface area contributed by atoms with E-state index in [0.717, 1.165) is 30.4 Å². The van der Waals surface area contributed by atoms with Crippen molar-refractivity contribution in [3.8, 4) is 0 Å². The molecule has 0 bridgehead atoms. The summed E-state index contributed by atoms with van der Waals surface area (Å²) in [6.45, 7) is 7.94. The van der Waals surface area contributed by atoms with Crippen LogP contribution in [0.1, 0.15) is 40.0 Å². The van der Waals surface area contributed by atoms with Gasteiger partial charge in [-0.3, -0.25) is 0 Å². The molecule has 1 N–H and O–H groups in total. The van der Waals surface area contributed by atoms with Crippen molar-refractivity contribution in [3.05, 3.63) is 11.6 Å². The number of allylic oxidation sites excluding steroid dienone is 1. The van der Waals surface area contributed by atoms with Crippen LogP contribution in [-0.2, 0) is 4.74 Å². The van der Waals surface area contributed by atoms with Crippen LogP contribution in [0.15, 0.2) is 11.6 Å². The molecule has 2 saturated carbocycles. The lowest BCUT2D eigenvalue weighted by molar-refractivity contribution is 0.0464. The summed E-state index contributed by atoms with van der Waals surface area (Å²) >= 11 is 0. The molecule has 3 unspecified atom stereocenters. The predicted octanol–water partition coefficient (Wildman–Crippen LogP) is 3.01. The van der Waals surface area contributed by atoms with Gasteiger partial charge in [-0.1, -0.05) is 25.5 Å². The molecule has 0 spiro atoms. The van der Waals surface area contributed by atoms with E-state index in [1.807, 2.05) is 14.0 Å². The molecule has 0 amide bonds. The maximum absolute atomic E-state index is 9.05. The first-order chi connectivity index (χ1) is 7.98. The maximum atomic E-state index is 9.05. The molecule has 0 radical (unpaired) electrons. The lowest BCUT2D eigenvalue weighted by Gasteiger charge is -2.36. The van der Waals surface area contributed by atoms with E-state index in [1.165, 1.54) is 12.8 Å². The van der Waals surface area contributed by atoms with Crippen LogP contribution < -0.4 is 0 Å². The van der Waals surface area contributed by atoms with Gasteiger partial charge in [-0.2, -0.15) is 0 Å². The standard InChI is InChI=1S/C15H26O2/c1-11(9-16)5-6-12-7-13-8-15(13,10-17-4)14(12,2)3/h5,12-13,16H,6-10H2,1-4H3/b11-5+. The largest absolute Gasteiger partial charge is 0.392 e. The molecule has 2 rings (SSSR count). The molecule has 2 aliphatic carbocycles. The lowest BCUT2D eigenvalue weighted by Crippen LogP contribution is -2.32. The molecule has 98 valence electrons. The van der Waals surface area contributed by atoms with E-state index in [9.17, 15) is 0 Å². The average Bonchev–Trinajstić information content (AvgIpc) is 2.94. The zero-order valence-electron chi connectivity index (χ0n) is 11.6. The Kier molecular flexibility index (Phi) is 3.39. The van der Waals surface area contributed by atoms with Crippen molar-refractivity contribution in [2.24, 2.45) is 22.7 Å². The van der Waals surface area contributed by atoms with Crippen LogP contribution in [0.4, 0.5) is 0 Å². The quantitative estimate of drug-likeness (QED) is 0.746. The van der Waals surface area contributed by atoms with E-state index in [1.54, 1.807) is 0 Å². The van der Waals surface area contributed by atoms with E-state index < -0.39 is 0 Å². The summed E-state index contributed by atoms with van der Waals surface area (Å²) in [6, 6.07) is 0. The summed E-state index contributed by atoms with van der Waals surface area (Å²) in [6.07, 6.45) is 6.03. The molecule has 2 heteroatoms. The first-order valence-electron chi connectivity index (χ1n) is 6.73. The first-order valence-corrected chi connectivity index (χ1v) is 6.73. The van der Waals surface area contributed by atoms with Gasteiger partial charge in [0.2, 0.25) is 0 Å². The Morgan fingerprint density at radius 3 is 2.76 bits per heavy atom. The monoisotopic (exact) mass is 238 g/mol. The summed E-state index contributed by atoms with van der Waals surface area (Å²) in [7, 11) is 1.82.